The number of benzene rings is 1. The fourth-order valence-electron chi connectivity index (χ4n) is 2.87. The van der Waals surface area contributed by atoms with E-state index in [9.17, 15) is 0 Å². The summed E-state index contributed by atoms with van der Waals surface area (Å²) < 4.78 is 0. The summed E-state index contributed by atoms with van der Waals surface area (Å²) in [5.74, 6) is 0.925. The lowest BCUT2D eigenvalue weighted by molar-refractivity contribution is 0.148. The highest BCUT2D eigenvalue weighted by Crippen LogP contribution is 2.10. The van der Waals surface area contributed by atoms with Gasteiger partial charge in [-0.2, -0.15) is 0 Å². The highest BCUT2D eigenvalue weighted by molar-refractivity contribution is 5.81. The summed E-state index contributed by atoms with van der Waals surface area (Å²) in [6, 6.07) is 9.40. The summed E-state index contributed by atoms with van der Waals surface area (Å²) in [5.41, 5.74) is 2.70. The van der Waals surface area contributed by atoms with E-state index in [1.807, 2.05) is 0 Å². The van der Waals surface area contributed by atoms with E-state index in [1.54, 1.807) is 0 Å². The minimum atomic E-state index is 0.452. The lowest BCUT2D eigenvalue weighted by Crippen LogP contribution is -2.43. The number of hydrogen-bond donors (Lipinski definition) is 2. The minimum absolute atomic E-state index is 0.452. The van der Waals surface area contributed by atoms with Crippen molar-refractivity contribution in [1.29, 1.82) is 0 Å². The third-order valence-corrected chi connectivity index (χ3v) is 4.39. The van der Waals surface area contributed by atoms with Crippen LogP contribution in [0.2, 0.25) is 0 Å². The maximum absolute atomic E-state index is 4.42. The number of guanidine groups is 1. The zero-order chi connectivity index (χ0) is 15.4. The molecule has 1 saturated heterocycles. The van der Waals surface area contributed by atoms with Crippen molar-refractivity contribution in [2.75, 3.05) is 39.8 Å². The third-order valence-electron chi connectivity index (χ3n) is 4.39. The van der Waals surface area contributed by atoms with Crippen molar-refractivity contribution in [2.45, 2.75) is 26.1 Å². The Labute approximate surface area is 133 Å². The summed E-state index contributed by atoms with van der Waals surface area (Å²) in [4.78, 5) is 9.34. The summed E-state index contributed by atoms with van der Waals surface area (Å²) in [7, 11) is 2.20. The van der Waals surface area contributed by atoms with Crippen LogP contribution in [0, 0.1) is 0 Å². The highest BCUT2D eigenvalue weighted by Gasteiger charge is 2.14. The standard InChI is InChI=1S/C17H27N5/c1-14-11-18-17(20-14)19-12-15-3-5-16(6-4-15)13-22-9-7-21(2)8-10-22/h3-6,14H,7-13H2,1-2H3,(H2,18,19,20). The van der Waals surface area contributed by atoms with Crippen LogP contribution in [-0.4, -0.2) is 61.6 Å². The predicted molar refractivity (Wildman–Crippen MR) is 91.0 cm³/mol. The maximum Gasteiger partial charge on any atom is 0.191 e. The molecule has 1 atom stereocenters. The molecule has 1 unspecified atom stereocenters. The van der Waals surface area contributed by atoms with E-state index in [-0.39, 0.29) is 0 Å². The summed E-state index contributed by atoms with van der Waals surface area (Å²) in [6.45, 7) is 9.59. The Kier molecular flexibility index (Phi) is 4.95. The lowest BCUT2D eigenvalue weighted by Gasteiger charge is -2.32. The molecule has 0 bridgehead atoms. The number of rotatable bonds is 4. The van der Waals surface area contributed by atoms with Crippen LogP contribution in [0.5, 0.6) is 0 Å². The first kappa shape index (κ1) is 15.3. The Bertz CT molecular complexity index is 502. The van der Waals surface area contributed by atoms with Crippen molar-refractivity contribution in [3.8, 4) is 0 Å². The summed E-state index contributed by atoms with van der Waals surface area (Å²) in [6.07, 6.45) is 0. The molecule has 0 spiro atoms. The molecule has 1 fully saturated rings. The molecule has 2 N–H and O–H groups in total. The highest BCUT2D eigenvalue weighted by atomic mass is 15.2. The molecule has 1 aromatic rings. The maximum atomic E-state index is 4.42. The smallest absolute Gasteiger partial charge is 0.191 e. The van der Waals surface area contributed by atoms with Gasteiger partial charge in [0.2, 0.25) is 0 Å². The molecule has 2 heterocycles. The number of nitrogens with zero attached hydrogens (tertiary/aromatic N) is 3. The fourth-order valence-corrected chi connectivity index (χ4v) is 2.87. The van der Waals surface area contributed by atoms with Gasteiger partial charge in [0.1, 0.15) is 0 Å². The Morgan fingerprint density at radius 2 is 1.82 bits per heavy atom. The van der Waals surface area contributed by atoms with Gasteiger partial charge >= 0.3 is 0 Å². The second-order valence-electron chi connectivity index (χ2n) is 6.48. The molecule has 5 nitrogen and oxygen atoms in total. The van der Waals surface area contributed by atoms with Gasteiger partial charge in [0.05, 0.1) is 6.54 Å². The largest absolute Gasteiger partial charge is 0.352 e. The molecule has 3 rings (SSSR count). The van der Waals surface area contributed by atoms with Crippen LogP contribution in [0.4, 0.5) is 0 Å². The van der Waals surface area contributed by atoms with Crippen LogP contribution < -0.4 is 10.6 Å². The molecule has 5 heteroatoms. The Hall–Kier alpha value is -1.59. The van der Waals surface area contributed by atoms with Crippen LogP contribution in [0.1, 0.15) is 18.1 Å². The normalized spacial score (nSPS) is 23.2. The van der Waals surface area contributed by atoms with E-state index in [2.05, 4.69) is 63.7 Å². The van der Waals surface area contributed by atoms with E-state index in [4.69, 9.17) is 0 Å². The molecule has 2 aliphatic rings. The van der Waals surface area contributed by atoms with Gasteiger partial charge in [-0.05, 0) is 25.1 Å². The molecule has 2 aliphatic heterocycles. The number of aliphatic imine (C=N–C) groups is 1. The van der Waals surface area contributed by atoms with Crippen molar-refractivity contribution in [1.82, 2.24) is 20.4 Å². The molecular weight excluding hydrogens is 274 g/mol. The Balaban J connectivity index is 1.46. The predicted octanol–water partition coefficient (Wildman–Crippen LogP) is 0.871. The van der Waals surface area contributed by atoms with Crippen molar-refractivity contribution in [2.24, 2.45) is 4.99 Å². The molecular formula is C17H27N5. The number of piperazine rings is 1. The number of nitrogens with one attached hydrogen (secondary N) is 2. The molecule has 0 saturated carbocycles. The zero-order valence-corrected chi connectivity index (χ0v) is 13.7. The van der Waals surface area contributed by atoms with Crippen LogP contribution in [0.25, 0.3) is 0 Å². The van der Waals surface area contributed by atoms with Crippen LogP contribution in [0.3, 0.4) is 0 Å². The van der Waals surface area contributed by atoms with E-state index >= 15 is 0 Å². The van der Waals surface area contributed by atoms with Crippen LogP contribution in [0.15, 0.2) is 29.3 Å². The van der Waals surface area contributed by atoms with Gasteiger partial charge in [0.25, 0.3) is 0 Å². The van der Waals surface area contributed by atoms with E-state index in [0.29, 0.717) is 6.04 Å². The quantitative estimate of drug-likeness (QED) is 0.866. The van der Waals surface area contributed by atoms with Gasteiger partial charge in [-0.1, -0.05) is 24.3 Å². The molecule has 22 heavy (non-hydrogen) atoms. The van der Waals surface area contributed by atoms with Crippen LogP contribution in [-0.2, 0) is 13.1 Å². The molecule has 0 aromatic heterocycles. The van der Waals surface area contributed by atoms with Crippen molar-refractivity contribution in [3.05, 3.63) is 35.4 Å². The third kappa shape index (κ3) is 4.21. The molecule has 0 radical (unpaired) electrons. The SMILES string of the molecule is CC1CN=C(NCc2ccc(CN3CCN(C)CC3)cc2)N1. The Morgan fingerprint density at radius 1 is 1.14 bits per heavy atom. The first-order valence-corrected chi connectivity index (χ1v) is 8.22. The molecule has 120 valence electrons. The second kappa shape index (κ2) is 7.11. The van der Waals surface area contributed by atoms with Crippen LogP contribution >= 0.6 is 0 Å². The molecule has 1 aromatic carbocycles. The van der Waals surface area contributed by atoms with E-state index in [0.717, 1.165) is 25.6 Å². The average Bonchev–Trinajstić information content (AvgIpc) is 2.94. The van der Waals surface area contributed by atoms with E-state index in [1.165, 1.54) is 37.3 Å². The first-order chi connectivity index (χ1) is 10.7. The lowest BCUT2D eigenvalue weighted by atomic mass is 10.1. The molecule has 0 aliphatic carbocycles. The van der Waals surface area contributed by atoms with E-state index < -0.39 is 0 Å². The van der Waals surface area contributed by atoms with Gasteiger partial charge in [-0.15, -0.1) is 0 Å². The summed E-state index contributed by atoms with van der Waals surface area (Å²) in [5, 5.41) is 6.68. The minimum Gasteiger partial charge on any atom is -0.352 e. The van der Waals surface area contributed by atoms with Gasteiger partial charge in [0, 0.05) is 45.3 Å². The van der Waals surface area contributed by atoms with Gasteiger partial charge in [-0.3, -0.25) is 9.89 Å². The molecule has 0 amide bonds. The van der Waals surface area contributed by atoms with Gasteiger partial charge in [-0.25, -0.2) is 0 Å². The zero-order valence-electron chi connectivity index (χ0n) is 13.7. The monoisotopic (exact) mass is 301 g/mol. The fraction of sp³-hybridized carbons (Fsp3) is 0.588. The van der Waals surface area contributed by atoms with Crippen molar-refractivity contribution >= 4 is 5.96 Å². The van der Waals surface area contributed by atoms with Crippen molar-refractivity contribution in [3.63, 3.8) is 0 Å². The second-order valence-corrected chi connectivity index (χ2v) is 6.48. The first-order valence-electron chi connectivity index (χ1n) is 8.22. The number of likely N-dealkylation sites (N-methyl/N-ethyl adjacent to an activating group) is 1. The number of hydrogen-bond acceptors (Lipinski definition) is 5. The topological polar surface area (TPSA) is 42.9 Å². The summed E-state index contributed by atoms with van der Waals surface area (Å²) >= 11 is 0. The Morgan fingerprint density at radius 3 is 2.45 bits per heavy atom. The van der Waals surface area contributed by atoms with Gasteiger partial charge < -0.3 is 15.5 Å². The average molecular weight is 301 g/mol. The van der Waals surface area contributed by atoms with Crippen molar-refractivity contribution < 1.29 is 0 Å². The van der Waals surface area contributed by atoms with Gasteiger partial charge in [0.15, 0.2) is 5.96 Å².